The van der Waals surface area contributed by atoms with Gasteiger partial charge in [-0.05, 0) is 44.8 Å². The highest BCUT2D eigenvalue weighted by atomic mass is 14.6. The fourth-order valence-corrected chi connectivity index (χ4v) is 1.14. The molecule has 0 unspecified atom stereocenters. The molecule has 6 N–H and O–H groups in total. The first-order valence-electron chi connectivity index (χ1n) is 3.95. The van der Waals surface area contributed by atoms with Crippen LogP contribution >= 0.6 is 0 Å². The van der Waals surface area contributed by atoms with Crippen LogP contribution in [0.15, 0.2) is 0 Å². The highest BCUT2D eigenvalue weighted by molar-refractivity contribution is 4.60. The molecule has 0 rings (SSSR count). The van der Waals surface area contributed by atoms with Crippen molar-refractivity contribution < 1.29 is 0 Å². The van der Waals surface area contributed by atoms with Crippen molar-refractivity contribution in [1.29, 1.82) is 0 Å². The Hall–Kier alpha value is -0.120. The number of hydrogen-bond donors (Lipinski definition) is 3. The summed E-state index contributed by atoms with van der Waals surface area (Å²) in [6.07, 6.45) is 3.19. The molecule has 0 atom stereocenters. The SMILES string of the molecule is NCCC(CCN)CCN. The van der Waals surface area contributed by atoms with Gasteiger partial charge in [0.2, 0.25) is 0 Å². The molecule has 0 radical (unpaired) electrons. The van der Waals surface area contributed by atoms with E-state index in [1.165, 1.54) is 0 Å². The molecule has 0 aliphatic heterocycles. The van der Waals surface area contributed by atoms with Crippen molar-refractivity contribution in [3.63, 3.8) is 0 Å². The van der Waals surface area contributed by atoms with Gasteiger partial charge in [0.25, 0.3) is 0 Å². The molecule has 0 heterocycles. The largest absolute Gasteiger partial charge is 0.330 e. The lowest BCUT2D eigenvalue weighted by atomic mass is 9.98. The zero-order chi connectivity index (χ0) is 7.82. The minimum atomic E-state index is 0.653. The van der Waals surface area contributed by atoms with E-state index in [9.17, 15) is 0 Å². The minimum Gasteiger partial charge on any atom is -0.330 e. The van der Waals surface area contributed by atoms with E-state index in [1.54, 1.807) is 0 Å². The zero-order valence-electron chi connectivity index (χ0n) is 6.55. The third-order valence-electron chi connectivity index (χ3n) is 1.72. The molecule has 0 amide bonds. The van der Waals surface area contributed by atoms with Gasteiger partial charge in [0.15, 0.2) is 0 Å². The summed E-state index contributed by atoms with van der Waals surface area (Å²) in [5.41, 5.74) is 16.2. The van der Waals surface area contributed by atoms with E-state index in [1.807, 2.05) is 0 Å². The van der Waals surface area contributed by atoms with Crippen LogP contribution in [-0.2, 0) is 0 Å². The first kappa shape index (κ1) is 9.88. The molecule has 0 saturated heterocycles. The fraction of sp³-hybridized carbons (Fsp3) is 1.00. The first-order valence-corrected chi connectivity index (χ1v) is 3.95. The molecule has 0 aromatic rings. The molecule has 10 heavy (non-hydrogen) atoms. The molecular weight excluding hydrogens is 126 g/mol. The maximum atomic E-state index is 5.41. The highest BCUT2D eigenvalue weighted by Crippen LogP contribution is 2.09. The summed E-state index contributed by atoms with van der Waals surface area (Å²) in [5, 5.41) is 0. The molecule has 62 valence electrons. The topological polar surface area (TPSA) is 78.1 Å². The summed E-state index contributed by atoms with van der Waals surface area (Å²) in [6.45, 7) is 2.26. The van der Waals surface area contributed by atoms with Gasteiger partial charge >= 0.3 is 0 Å². The lowest BCUT2D eigenvalue weighted by Crippen LogP contribution is -2.16. The Balaban J connectivity index is 3.30. The molecule has 0 spiro atoms. The molecule has 0 bridgehead atoms. The molecule has 0 aromatic heterocycles. The lowest BCUT2D eigenvalue weighted by molar-refractivity contribution is 0.437. The Morgan fingerprint density at radius 2 is 1.00 bits per heavy atom. The van der Waals surface area contributed by atoms with Gasteiger partial charge in [0.05, 0.1) is 0 Å². The van der Waals surface area contributed by atoms with Crippen molar-refractivity contribution >= 4 is 0 Å². The van der Waals surface area contributed by atoms with Gasteiger partial charge in [0.1, 0.15) is 0 Å². The van der Waals surface area contributed by atoms with Crippen molar-refractivity contribution in [2.45, 2.75) is 19.3 Å². The maximum absolute atomic E-state index is 5.41. The average molecular weight is 145 g/mol. The van der Waals surface area contributed by atoms with Gasteiger partial charge in [-0.1, -0.05) is 0 Å². The summed E-state index contributed by atoms with van der Waals surface area (Å²) >= 11 is 0. The van der Waals surface area contributed by atoms with Crippen LogP contribution < -0.4 is 17.2 Å². The Labute approximate surface area is 62.9 Å². The lowest BCUT2D eigenvalue weighted by Gasteiger charge is -2.12. The van der Waals surface area contributed by atoms with Gasteiger partial charge in [-0.3, -0.25) is 0 Å². The van der Waals surface area contributed by atoms with Crippen LogP contribution in [-0.4, -0.2) is 19.6 Å². The second-order valence-corrected chi connectivity index (χ2v) is 2.60. The zero-order valence-corrected chi connectivity index (χ0v) is 6.55. The molecule has 0 saturated carbocycles. The molecule has 0 aliphatic rings. The monoisotopic (exact) mass is 145 g/mol. The molecule has 3 heteroatoms. The molecule has 0 aromatic carbocycles. The van der Waals surface area contributed by atoms with Crippen molar-refractivity contribution in [2.24, 2.45) is 23.1 Å². The van der Waals surface area contributed by atoms with Crippen LogP contribution in [0.5, 0.6) is 0 Å². The van der Waals surface area contributed by atoms with E-state index in [0.717, 1.165) is 38.9 Å². The van der Waals surface area contributed by atoms with Crippen LogP contribution in [0.4, 0.5) is 0 Å². The number of rotatable bonds is 6. The van der Waals surface area contributed by atoms with Crippen molar-refractivity contribution in [3.8, 4) is 0 Å². The maximum Gasteiger partial charge on any atom is -0.00746 e. The van der Waals surface area contributed by atoms with E-state index < -0.39 is 0 Å². The third kappa shape index (κ3) is 4.73. The van der Waals surface area contributed by atoms with Crippen LogP contribution in [0.25, 0.3) is 0 Å². The van der Waals surface area contributed by atoms with E-state index in [2.05, 4.69) is 0 Å². The molecule has 0 aliphatic carbocycles. The summed E-state index contributed by atoms with van der Waals surface area (Å²) in [7, 11) is 0. The van der Waals surface area contributed by atoms with Gasteiger partial charge < -0.3 is 17.2 Å². The second kappa shape index (κ2) is 6.99. The number of hydrogen-bond acceptors (Lipinski definition) is 3. The predicted octanol–water partition coefficient (Wildman–Crippen LogP) is -0.351. The van der Waals surface area contributed by atoms with Gasteiger partial charge in [-0.2, -0.15) is 0 Å². The van der Waals surface area contributed by atoms with Gasteiger partial charge in [-0.25, -0.2) is 0 Å². The van der Waals surface area contributed by atoms with Crippen molar-refractivity contribution in [3.05, 3.63) is 0 Å². The third-order valence-corrected chi connectivity index (χ3v) is 1.72. The fourth-order valence-electron chi connectivity index (χ4n) is 1.14. The quantitative estimate of drug-likeness (QED) is 0.478. The molecule has 3 nitrogen and oxygen atoms in total. The average Bonchev–Trinajstić information content (AvgIpc) is 1.90. The summed E-state index contributed by atoms with van der Waals surface area (Å²) in [5.74, 6) is 0.653. The van der Waals surface area contributed by atoms with Gasteiger partial charge in [-0.15, -0.1) is 0 Å². The van der Waals surface area contributed by atoms with Crippen molar-refractivity contribution in [1.82, 2.24) is 0 Å². The Kier molecular flexibility index (Phi) is 6.91. The van der Waals surface area contributed by atoms with E-state index in [0.29, 0.717) is 5.92 Å². The summed E-state index contributed by atoms with van der Waals surface area (Å²) in [4.78, 5) is 0. The Bertz CT molecular complexity index is 51.6. The minimum absolute atomic E-state index is 0.653. The Morgan fingerprint density at radius 1 is 0.700 bits per heavy atom. The molecule has 0 fully saturated rings. The standard InChI is InChI=1S/C7H19N3/c8-4-1-7(2-5-9)3-6-10/h7H,1-6,8-10H2. The van der Waals surface area contributed by atoms with E-state index in [-0.39, 0.29) is 0 Å². The van der Waals surface area contributed by atoms with Crippen molar-refractivity contribution in [2.75, 3.05) is 19.6 Å². The summed E-state index contributed by atoms with van der Waals surface area (Å²) < 4.78 is 0. The van der Waals surface area contributed by atoms with E-state index >= 15 is 0 Å². The predicted molar refractivity (Wildman–Crippen MR) is 44.5 cm³/mol. The second-order valence-electron chi connectivity index (χ2n) is 2.60. The van der Waals surface area contributed by atoms with Crippen LogP contribution in [0.1, 0.15) is 19.3 Å². The van der Waals surface area contributed by atoms with Crippen LogP contribution in [0.3, 0.4) is 0 Å². The van der Waals surface area contributed by atoms with Crippen LogP contribution in [0, 0.1) is 5.92 Å². The molecular formula is C7H19N3. The van der Waals surface area contributed by atoms with Crippen LogP contribution in [0.2, 0.25) is 0 Å². The number of nitrogens with two attached hydrogens (primary N) is 3. The Morgan fingerprint density at radius 3 is 1.20 bits per heavy atom. The van der Waals surface area contributed by atoms with E-state index in [4.69, 9.17) is 17.2 Å². The summed E-state index contributed by atoms with van der Waals surface area (Å²) in [6, 6.07) is 0. The first-order chi connectivity index (χ1) is 4.85. The normalized spacial score (nSPS) is 10.8. The smallest absolute Gasteiger partial charge is 0.00746 e. The van der Waals surface area contributed by atoms with Gasteiger partial charge in [0, 0.05) is 0 Å². The highest BCUT2D eigenvalue weighted by Gasteiger charge is 2.04.